The van der Waals surface area contributed by atoms with Crippen LogP contribution in [0.15, 0.2) is 65.2 Å². The van der Waals surface area contributed by atoms with Crippen LogP contribution in [-0.2, 0) is 13.1 Å². The van der Waals surface area contributed by atoms with Gasteiger partial charge in [-0.15, -0.1) is 0 Å². The van der Waals surface area contributed by atoms with Crippen LogP contribution in [0.3, 0.4) is 0 Å². The van der Waals surface area contributed by atoms with Gasteiger partial charge < -0.3 is 14.8 Å². The topological polar surface area (TPSA) is 101 Å². The second-order valence-corrected chi connectivity index (χ2v) is 12.5. The highest BCUT2D eigenvalue weighted by atomic mass is 19.1. The van der Waals surface area contributed by atoms with E-state index < -0.39 is 0 Å². The molecule has 9 heteroatoms. The van der Waals surface area contributed by atoms with Gasteiger partial charge in [0.1, 0.15) is 11.6 Å². The van der Waals surface area contributed by atoms with Crippen molar-refractivity contribution < 1.29 is 13.9 Å². The van der Waals surface area contributed by atoms with Crippen molar-refractivity contribution in [1.82, 2.24) is 19.8 Å². The molecule has 1 unspecified atom stereocenters. The second kappa shape index (κ2) is 12.6. The number of halogens is 1. The van der Waals surface area contributed by atoms with Gasteiger partial charge in [0.15, 0.2) is 17.2 Å². The summed E-state index contributed by atoms with van der Waals surface area (Å²) in [5.74, 6) is 0.264. The summed E-state index contributed by atoms with van der Waals surface area (Å²) in [6.07, 6.45) is 4.39. The van der Waals surface area contributed by atoms with Crippen molar-refractivity contribution in [3.8, 4) is 28.7 Å². The lowest BCUT2D eigenvalue weighted by Gasteiger charge is -2.18. The summed E-state index contributed by atoms with van der Waals surface area (Å²) >= 11 is 0. The molecule has 234 valence electrons. The highest BCUT2D eigenvalue weighted by molar-refractivity contribution is 5.85. The Labute approximate surface area is 268 Å². The predicted octanol–water partition coefficient (Wildman–Crippen LogP) is 7.09. The molecule has 2 saturated heterocycles. The van der Waals surface area contributed by atoms with E-state index in [1.54, 1.807) is 12.3 Å². The maximum absolute atomic E-state index is 15.6. The monoisotopic (exact) mass is 616 g/mol. The highest BCUT2D eigenvalue weighted by Gasteiger charge is 2.23. The first-order valence-corrected chi connectivity index (χ1v) is 15.9. The van der Waals surface area contributed by atoms with Gasteiger partial charge in [0, 0.05) is 49.2 Å². The van der Waals surface area contributed by atoms with E-state index in [1.807, 2.05) is 50.2 Å². The van der Waals surface area contributed by atoms with Crippen LogP contribution in [0.4, 0.5) is 15.9 Å². The zero-order valence-corrected chi connectivity index (χ0v) is 26.2. The minimum absolute atomic E-state index is 0.173. The van der Waals surface area contributed by atoms with Crippen molar-refractivity contribution >= 4 is 22.6 Å². The largest absolute Gasteiger partial charge is 0.435 e. The molecule has 0 bridgehead atoms. The summed E-state index contributed by atoms with van der Waals surface area (Å²) in [6, 6.07) is 19.9. The average molecular weight is 617 g/mol. The fraction of sp³-hybridized carbons (Fsp3) is 0.324. The zero-order chi connectivity index (χ0) is 31.8. The number of fused-ring (bicyclic) bond motifs is 1. The third-order valence-electron chi connectivity index (χ3n) is 9.33. The Morgan fingerprint density at radius 1 is 0.978 bits per heavy atom. The van der Waals surface area contributed by atoms with Gasteiger partial charge in [-0.05, 0) is 104 Å². The Bertz CT molecular complexity index is 1960. The molecule has 1 atom stereocenters. The van der Waals surface area contributed by atoms with E-state index in [4.69, 9.17) is 9.40 Å². The molecule has 7 rings (SSSR count). The lowest BCUT2D eigenvalue weighted by molar-refractivity contribution is 0.174. The number of hydrogen-bond acceptors (Lipinski definition) is 8. The van der Waals surface area contributed by atoms with Gasteiger partial charge in [0.2, 0.25) is 5.89 Å². The number of aromatic nitrogens is 2. The quantitative estimate of drug-likeness (QED) is 0.191. The van der Waals surface area contributed by atoms with Gasteiger partial charge in [0.25, 0.3) is 0 Å². The molecule has 2 aliphatic heterocycles. The van der Waals surface area contributed by atoms with Crippen LogP contribution in [0.25, 0.3) is 33.7 Å². The lowest BCUT2D eigenvalue weighted by atomic mass is 9.93. The number of β-amino-alcohol motifs (C(OH)–C–C–N with tert-alkyl or cyclic N) is 1. The molecule has 0 spiro atoms. The van der Waals surface area contributed by atoms with Gasteiger partial charge in [-0.3, -0.25) is 9.80 Å². The molecule has 0 radical (unpaired) electrons. The van der Waals surface area contributed by atoms with Crippen molar-refractivity contribution in [3.63, 3.8) is 0 Å². The third-order valence-corrected chi connectivity index (χ3v) is 9.33. The molecule has 0 saturated carbocycles. The number of oxazole rings is 1. The molecule has 4 heterocycles. The zero-order valence-electron chi connectivity index (χ0n) is 26.2. The van der Waals surface area contributed by atoms with E-state index in [9.17, 15) is 10.4 Å². The van der Waals surface area contributed by atoms with E-state index in [1.165, 1.54) is 12.8 Å². The van der Waals surface area contributed by atoms with E-state index in [-0.39, 0.29) is 17.7 Å². The summed E-state index contributed by atoms with van der Waals surface area (Å²) in [4.78, 5) is 13.6. The number of benzene rings is 3. The molecule has 2 aliphatic rings. The number of anilines is 2. The van der Waals surface area contributed by atoms with Gasteiger partial charge >= 0.3 is 0 Å². The van der Waals surface area contributed by atoms with E-state index in [0.29, 0.717) is 47.6 Å². The number of nitriles is 1. The highest BCUT2D eigenvalue weighted by Crippen LogP contribution is 2.37. The van der Waals surface area contributed by atoms with Crippen molar-refractivity contribution in [2.75, 3.05) is 31.5 Å². The van der Waals surface area contributed by atoms with Crippen LogP contribution in [0.1, 0.15) is 47.1 Å². The van der Waals surface area contributed by atoms with E-state index in [2.05, 4.69) is 38.3 Å². The summed E-state index contributed by atoms with van der Waals surface area (Å²) in [5, 5.41) is 23.0. The maximum Gasteiger partial charge on any atom is 0.227 e. The Morgan fingerprint density at radius 3 is 2.50 bits per heavy atom. The SMILES string of the molecule is Cc1c(Nc2nccc(CN3CCC(O)C3)c2F)cccc1-c1cccc(-c2nc3cc(CN4CCCC4)cc(C#N)c3o2)c1C. The Kier molecular flexibility index (Phi) is 8.26. The van der Waals surface area contributed by atoms with Crippen molar-refractivity contribution in [2.45, 2.75) is 52.3 Å². The maximum atomic E-state index is 15.6. The van der Waals surface area contributed by atoms with Crippen LogP contribution < -0.4 is 5.32 Å². The van der Waals surface area contributed by atoms with Gasteiger partial charge in [0.05, 0.1) is 11.7 Å². The molecule has 46 heavy (non-hydrogen) atoms. The van der Waals surface area contributed by atoms with E-state index in [0.717, 1.165) is 65.2 Å². The molecule has 0 aliphatic carbocycles. The number of nitrogens with zero attached hydrogens (tertiary/aromatic N) is 5. The number of aliphatic hydroxyl groups excluding tert-OH is 1. The fourth-order valence-corrected chi connectivity index (χ4v) is 6.82. The van der Waals surface area contributed by atoms with Gasteiger partial charge in [-0.2, -0.15) is 5.26 Å². The standard InChI is InChI=1S/C37H37FN6O2/c1-23-29(7-5-9-31(23)37-42-33-18-25(20-43-14-3-4-15-43)17-27(19-39)35(33)46-37)30-8-6-10-32(24(30)2)41-36-34(38)26(11-13-40-36)21-44-16-12-28(45)22-44/h5-11,13,17-18,28,45H,3-4,12,14-16,20-22H2,1-2H3,(H,40,41). The number of rotatable bonds is 8. The van der Waals surface area contributed by atoms with Gasteiger partial charge in [-0.1, -0.05) is 24.3 Å². The number of pyridine rings is 1. The lowest BCUT2D eigenvalue weighted by Crippen LogP contribution is -2.22. The Balaban J connectivity index is 1.18. The first kappa shape index (κ1) is 30.1. The minimum Gasteiger partial charge on any atom is -0.435 e. The molecule has 3 aromatic carbocycles. The summed E-state index contributed by atoms with van der Waals surface area (Å²) in [6.45, 7) is 8.73. The second-order valence-electron chi connectivity index (χ2n) is 12.5. The molecular weight excluding hydrogens is 579 g/mol. The minimum atomic E-state index is -0.386. The summed E-state index contributed by atoms with van der Waals surface area (Å²) in [5.41, 5.74) is 8.86. The number of nitrogens with one attached hydrogen (secondary N) is 1. The molecule has 8 nitrogen and oxygen atoms in total. The van der Waals surface area contributed by atoms with Crippen LogP contribution in [0.2, 0.25) is 0 Å². The number of aliphatic hydroxyl groups is 1. The number of likely N-dealkylation sites (tertiary alicyclic amines) is 2. The van der Waals surface area contributed by atoms with Crippen molar-refractivity contribution in [1.29, 1.82) is 5.26 Å². The Morgan fingerprint density at radius 2 is 1.74 bits per heavy atom. The van der Waals surface area contributed by atoms with Crippen LogP contribution in [0, 0.1) is 31.0 Å². The predicted molar refractivity (Wildman–Crippen MR) is 177 cm³/mol. The number of hydrogen-bond donors (Lipinski definition) is 2. The summed E-state index contributed by atoms with van der Waals surface area (Å²) < 4.78 is 21.8. The molecule has 0 amide bonds. The fourth-order valence-electron chi connectivity index (χ4n) is 6.82. The first-order valence-electron chi connectivity index (χ1n) is 15.9. The Hall–Kier alpha value is -4.62. The van der Waals surface area contributed by atoms with Crippen LogP contribution in [0.5, 0.6) is 0 Å². The summed E-state index contributed by atoms with van der Waals surface area (Å²) in [7, 11) is 0. The molecular formula is C37H37FN6O2. The van der Waals surface area contributed by atoms with Crippen molar-refractivity contribution in [3.05, 3.63) is 94.4 Å². The molecule has 5 aromatic rings. The van der Waals surface area contributed by atoms with Gasteiger partial charge in [-0.25, -0.2) is 14.4 Å². The molecule has 2 aromatic heterocycles. The smallest absolute Gasteiger partial charge is 0.227 e. The van der Waals surface area contributed by atoms with Crippen molar-refractivity contribution in [2.24, 2.45) is 0 Å². The first-order chi connectivity index (χ1) is 22.4. The average Bonchev–Trinajstić information content (AvgIpc) is 3.82. The normalized spacial score (nSPS) is 17.2. The van der Waals surface area contributed by atoms with E-state index >= 15 is 4.39 Å². The molecule has 2 N–H and O–H groups in total. The van der Waals surface area contributed by atoms with Crippen LogP contribution >= 0.6 is 0 Å². The molecule has 2 fully saturated rings. The van der Waals surface area contributed by atoms with Crippen LogP contribution in [-0.4, -0.2) is 57.2 Å². The third kappa shape index (κ3) is 5.87.